The van der Waals surface area contributed by atoms with E-state index in [9.17, 15) is 9.18 Å². The molecule has 0 aliphatic carbocycles. The van der Waals surface area contributed by atoms with Crippen LogP contribution in [0.4, 0.5) is 10.2 Å². The Balaban J connectivity index is 2.73. The number of aromatic amines is 1. The third-order valence-electron chi connectivity index (χ3n) is 2.60. The first-order valence-electron chi connectivity index (χ1n) is 5.29. The predicted octanol–water partition coefficient (Wildman–Crippen LogP) is 2.37. The van der Waals surface area contributed by atoms with Crippen LogP contribution in [-0.4, -0.2) is 17.6 Å². The zero-order valence-electron chi connectivity index (χ0n) is 9.63. The summed E-state index contributed by atoms with van der Waals surface area (Å²) in [4.78, 5) is 14.5. The Bertz CT molecular complexity index is 590. The van der Waals surface area contributed by atoms with Gasteiger partial charge >= 0.3 is 5.97 Å². The van der Waals surface area contributed by atoms with Gasteiger partial charge < -0.3 is 15.5 Å². The molecule has 17 heavy (non-hydrogen) atoms. The van der Waals surface area contributed by atoms with Gasteiger partial charge in [0.05, 0.1) is 17.5 Å². The number of benzene rings is 1. The Morgan fingerprint density at radius 3 is 2.88 bits per heavy atom. The number of rotatable bonds is 2. The number of fused-ring (bicyclic) bond motifs is 1. The molecule has 0 amide bonds. The minimum Gasteiger partial charge on any atom is -0.462 e. The highest BCUT2D eigenvalue weighted by Crippen LogP contribution is 2.29. The molecule has 4 nitrogen and oxygen atoms in total. The number of aryl methyl sites for hydroxylation is 1. The van der Waals surface area contributed by atoms with Crippen LogP contribution >= 0.6 is 0 Å². The molecule has 0 bridgehead atoms. The second-order valence-corrected chi connectivity index (χ2v) is 3.75. The van der Waals surface area contributed by atoms with Crippen LogP contribution < -0.4 is 5.73 Å². The molecule has 0 spiro atoms. The Labute approximate surface area is 97.6 Å². The third-order valence-corrected chi connectivity index (χ3v) is 2.60. The summed E-state index contributed by atoms with van der Waals surface area (Å²) in [6.45, 7) is 3.54. The largest absolute Gasteiger partial charge is 0.462 e. The van der Waals surface area contributed by atoms with Crippen LogP contribution in [0.3, 0.4) is 0 Å². The molecule has 90 valence electrons. The summed E-state index contributed by atoms with van der Waals surface area (Å²) in [6.07, 6.45) is 0. The lowest BCUT2D eigenvalue weighted by atomic mass is 10.1. The first-order valence-corrected chi connectivity index (χ1v) is 5.29. The number of nitrogen functional groups attached to an aromatic ring is 1. The molecule has 0 aliphatic heterocycles. The van der Waals surface area contributed by atoms with Crippen molar-refractivity contribution in [2.45, 2.75) is 13.8 Å². The average molecular weight is 236 g/mol. The molecule has 0 aliphatic rings. The number of hydrogen-bond donors (Lipinski definition) is 2. The SMILES string of the molecule is CCOC(=O)c1c(N)[nH]c2ccc(C)c(F)c12. The average Bonchev–Trinajstić information content (AvgIpc) is 2.61. The Hall–Kier alpha value is -2.04. The lowest BCUT2D eigenvalue weighted by molar-refractivity contribution is 0.0529. The van der Waals surface area contributed by atoms with Crippen LogP contribution in [0.15, 0.2) is 12.1 Å². The van der Waals surface area contributed by atoms with Gasteiger partial charge in [0, 0.05) is 0 Å². The Kier molecular flexibility index (Phi) is 2.75. The van der Waals surface area contributed by atoms with Gasteiger partial charge in [0.25, 0.3) is 0 Å². The number of anilines is 1. The van der Waals surface area contributed by atoms with Crippen LogP contribution in [0, 0.1) is 12.7 Å². The predicted molar refractivity (Wildman–Crippen MR) is 63.4 cm³/mol. The quantitative estimate of drug-likeness (QED) is 0.786. The number of nitrogens with one attached hydrogen (secondary N) is 1. The molecule has 0 saturated carbocycles. The third kappa shape index (κ3) is 1.73. The highest BCUT2D eigenvalue weighted by molar-refractivity contribution is 6.09. The van der Waals surface area contributed by atoms with Gasteiger partial charge in [-0.3, -0.25) is 0 Å². The molecule has 5 heteroatoms. The van der Waals surface area contributed by atoms with Crippen molar-refractivity contribution in [2.24, 2.45) is 0 Å². The molecule has 0 saturated heterocycles. The fraction of sp³-hybridized carbons (Fsp3) is 0.250. The molecular formula is C12H13FN2O2. The summed E-state index contributed by atoms with van der Waals surface area (Å²) < 4.78 is 18.9. The number of esters is 1. The minimum atomic E-state index is -0.610. The highest BCUT2D eigenvalue weighted by atomic mass is 19.1. The van der Waals surface area contributed by atoms with E-state index in [1.807, 2.05) is 0 Å². The number of carbonyl (C=O) groups is 1. The maximum absolute atomic E-state index is 14.0. The molecule has 0 fully saturated rings. The van der Waals surface area contributed by atoms with Gasteiger partial charge in [0.15, 0.2) is 0 Å². The van der Waals surface area contributed by atoms with E-state index >= 15 is 0 Å². The summed E-state index contributed by atoms with van der Waals surface area (Å²) in [5, 5.41) is 0.195. The number of carbonyl (C=O) groups excluding carboxylic acids is 1. The van der Waals surface area contributed by atoms with E-state index in [0.29, 0.717) is 11.1 Å². The van der Waals surface area contributed by atoms with Gasteiger partial charge in [-0.25, -0.2) is 9.18 Å². The van der Waals surface area contributed by atoms with Crippen molar-refractivity contribution in [3.8, 4) is 0 Å². The number of aromatic nitrogens is 1. The van der Waals surface area contributed by atoms with Crippen molar-refractivity contribution < 1.29 is 13.9 Å². The van der Waals surface area contributed by atoms with E-state index in [1.165, 1.54) is 0 Å². The zero-order valence-corrected chi connectivity index (χ0v) is 9.63. The highest BCUT2D eigenvalue weighted by Gasteiger charge is 2.21. The summed E-state index contributed by atoms with van der Waals surface area (Å²) in [6, 6.07) is 3.31. The minimum absolute atomic E-state index is 0.0723. The Morgan fingerprint density at radius 1 is 1.53 bits per heavy atom. The number of H-pyrrole nitrogens is 1. The normalized spacial score (nSPS) is 10.8. The summed E-state index contributed by atoms with van der Waals surface area (Å²) in [5.41, 5.74) is 6.71. The van der Waals surface area contributed by atoms with Crippen LogP contribution in [0.2, 0.25) is 0 Å². The summed E-state index contributed by atoms with van der Waals surface area (Å²) in [7, 11) is 0. The van der Waals surface area contributed by atoms with Crippen molar-refractivity contribution in [2.75, 3.05) is 12.3 Å². The monoisotopic (exact) mass is 236 g/mol. The molecule has 1 heterocycles. The topological polar surface area (TPSA) is 68.1 Å². The fourth-order valence-electron chi connectivity index (χ4n) is 1.79. The molecule has 2 rings (SSSR count). The lowest BCUT2D eigenvalue weighted by Gasteiger charge is -2.03. The van der Waals surface area contributed by atoms with E-state index in [1.54, 1.807) is 26.0 Å². The van der Waals surface area contributed by atoms with Gasteiger partial charge in [-0.15, -0.1) is 0 Å². The van der Waals surface area contributed by atoms with Crippen molar-refractivity contribution in [1.82, 2.24) is 4.98 Å². The molecule has 1 aromatic carbocycles. The summed E-state index contributed by atoms with van der Waals surface area (Å²) in [5.74, 6) is -0.929. The first-order chi connectivity index (χ1) is 8.06. The maximum Gasteiger partial charge on any atom is 0.342 e. The molecule has 1 aromatic heterocycles. The molecule has 0 unspecified atom stereocenters. The standard InChI is InChI=1S/C12H13FN2O2/c1-3-17-12(16)9-8-7(15-11(9)14)5-4-6(2)10(8)13/h4-5,15H,3,14H2,1-2H3. The second kappa shape index (κ2) is 4.08. The molecular weight excluding hydrogens is 223 g/mol. The molecule has 0 radical (unpaired) electrons. The fourth-order valence-corrected chi connectivity index (χ4v) is 1.79. The van der Waals surface area contributed by atoms with Crippen LogP contribution in [0.1, 0.15) is 22.8 Å². The first kappa shape index (κ1) is 11.4. The van der Waals surface area contributed by atoms with Crippen molar-refractivity contribution in [3.63, 3.8) is 0 Å². The molecule has 3 N–H and O–H groups in total. The molecule has 2 aromatic rings. The van der Waals surface area contributed by atoms with Crippen LogP contribution in [0.5, 0.6) is 0 Å². The zero-order chi connectivity index (χ0) is 12.6. The lowest BCUT2D eigenvalue weighted by Crippen LogP contribution is -2.07. The van der Waals surface area contributed by atoms with E-state index in [-0.39, 0.29) is 23.4 Å². The smallest absolute Gasteiger partial charge is 0.342 e. The number of halogens is 1. The summed E-state index contributed by atoms with van der Waals surface area (Å²) >= 11 is 0. The number of hydrogen-bond acceptors (Lipinski definition) is 3. The maximum atomic E-state index is 14.0. The van der Waals surface area contributed by atoms with Gasteiger partial charge in [0.1, 0.15) is 17.2 Å². The van der Waals surface area contributed by atoms with E-state index in [4.69, 9.17) is 10.5 Å². The van der Waals surface area contributed by atoms with Gasteiger partial charge in [-0.2, -0.15) is 0 Å². The number of ether oxygens (including phenoxy) is 1. The van der Waals surface area contributed by atoms with Gasteiger partial charge in [-0.1, -0.05) is 6.07 Å². The molecule has 0 atom stereocenters. The second-order valence-electron chi connectivity index (χ2n) is 3.75. The van der Waals surface area contributed by atoms with Crippen molar-refractivity contribution >= 4 is 22.7 Å². The Morgan fingerprint density at radius 2 is 2.24 bits per heavy atom. The van der Waals surface area contributed by atoms with Crippen molar-refractivity contribution in [3.05, 3.63) is 29.1 Å². The van der Waals surface area contributed by atoms with E-state index in [2.05, 4.69) is 4.98 Å². The van der Waals surface area contributed by atoms with Crippen LogP contribution in [0.25, 0.3) is 10.9 Å². The van der Waals surface area contributed by atoms with Crippen LogP contribution in [-0.2, 0) is 4.74 Å². The van der Waals surface area contributed by atoms with E-state index in [0.717, 1.165) is 0 Å². The van der Waals surface area contributed by atoms with Gasteiger partial charge in [-0.05, 0) is 25.5 Å². The van der Waals surface area contributed by atoms with Gasteiger partial charge in [0.2, 0.25) is 0 Å². The van der Waals surface area contributed by atoms with Crippen molar-refractivity contribution in [1.29, 1.82) is 0 Å². The number of nitrogens with two attached hydrogens (primary N) is 1. The van der Waals surface area contributed by atoms with E-state index < -0.39 is 11.8 Å².